The highest BCUT2D eigenvalue weighted by Crippen LogP contribution is 2.27. The van der Waals surface area contributed by atoms with Crippen molar-refractivity contribution in [3.05, 3.63) is 77.1 Å². The van der Waals surface area contributed by atoms with Crippen molar-refractivity contribution in [2.45, 2.75) is 13.8 Å². The minimum atomic E-state index is -1.20. The molecule has 3 rings (SSSR count). The van der Waals surface area contributed by atoms with E-state index in [1.165, 1.54) is 34.7 Å². The minimum Gasteiger partial charge on any atom is -0.346 e. The average molecular weight is 469 g/mol. The van der Waals surface area contributed by atoms with Crippen molar-refractivity contribution in [2.24, 2.45) is 0 Å². The Labute approximate surface area is 193 Å². The van der Waals surface area contributed by atoms with Gasteiger partial charge in [-0.3, -0.25) is 13.6 Å². The van der Waals surface area contributed by atoms with Gasteiger partial charge in [-0.1, -0.05) is 24.8 Å². The lowest BCUT2D eigenvalue weighted by molar-refractivity contribution is -0.112. The Kier molecular flexibility index (Phi) is 7.55. The molecule has 2 N–H and O–H groups in total. The lowest BCUT2D eigenvalue weighted by Crippen LogP contribution is -2.27. The number of nitrogens with one attached hydrogen (secondary N) is 2. The normalized spacial score (nSPS) is 12.0. The number of hydrogen-bond acceptors (Lipinski definition) is 6. The van der Waals surface area contributed by atoms with Gasteiger partial charge in [0.05, 0.1) is 17.8 Å². The maximum absolute atomic E-state index is 12.2. The number of benzene rings is 1. The first kappa shape index (κ1) is 23.4. The Morgan fingerprint density at radius 1 is 1.31 bits per heavy atom. The van der Waals surface area contributed by atoms with Crippen molar-refractivity contribution in [1.29, 1.82) is 0 Å². The third kappa shape index (κ3) is 6.12. The fraction of sp³-hybridized carbons (Fsp3) is 0.174. The average Bonchev–Trinajstić information content (AvgIpc) is 3.41. The predicted octanol–water partition coefficient (Wildman–Crippen LogP) is 4.02. The molecular weight excluding hydrogens is 444 g/mol. The highest BCUT2D eigenvalue weighted by molar-refractivity contribution is 7.82. The molecule has 166 valence electrons. The van der Waals surface area contributed by atoms with E-state index in [0.29, 0.717) is 16.4 Å². The number of thiazole rings is 1. The topological polar surface area (TPSA) is 93.1 Å². The highest BCUT2D eigenvalue weighted by atomic mass is 32.2. The largest absolute Gasteiger partial charge is 0.346 e. The van der Waals surface area contributed by atoms with Crippen molar-refractivity contribution < 1.29 is 13.8 Å². The van der Waals surface area contributed by atoms with Crippen LogP contribution in [0.1, 0.15) is 28.4 Å². The van der Waals surface area contributed by atoms with Crippen LogP contribution in [-0.4, -0.2) is 37.7 Å². The van der Waals surface area contributed by atoms with Crippen molar-refractivity contribution in [2.75, 3.05) is 18.1 Å². The summed E-state index contributed by atoms with van der Waals surface area (Å²) in [4.78, 5) is 28.0. The van der Waals surface area contributed by atoms with Gasteiger partial charge in [-0.05, 0) is 43.2 Å². The van der Waals surface area contributed by atoms with Gasteiger partial charge in [0.1, 0.15) is 11.0 Å². The van der Waals surface area contributed by atoms with Crippen LogP contribution in [0, 0.1) is 6.92 Å². The summed E-state index contributed by atoms with van der Waals surface area (Å²) in [6, 6.07) is 7.58. The van der Waals surface area contributed by atoms with Crippen molar-refractivity contribution in [3.8, 4) is 11.3 Å². The summed E-state index contributed by atoms with van der Waals surface area (Å²) in [5.41, 5.74) is 4.87. The van der Waals surface area contributed by atoms with Crippen LogP contribution in [0.4, 0.5) is 5.13 Å². The van der Waals surface area contributed by atoms with Crippen LogP contribution < -0.4 is 10.6 Å². The zero-order valence-electron chi connectivity index (χ0n) is 18.0. The Morgan fingerprint density at radius 3 is 2.75 bits per heavy atom. The third-order valence-corrected chi connectivity index (χ3v) is 6.12. The Balaban J connectivity index is 1.58. The van der Waals surface area contributed by atoms with Crippen LogP contribution >= 0.6 is 11.3 Å². The molecule has 1 atom stereocenters. The number of carbonyl (C=O) groups is 2. The number of carbonyl (C=O) groups excluding carboxylic acids is 2. The quantitative estimate of drug-likeness (QED) is 0.463. The van der Waals surface area contributed by atoms with Crippen LogP contribution in [0.5, 0.6) is 0 Å². The molecule has 2 aromatic heterocycles. The first-order valence-electron chi connectivity index (χ1n) is 9.73. The number of ketones is 1. The fourth-order valence-corrected chi connectivity index (χ4v) is 4.11. The molecule has 0 aliphatic carbocycles. The molecule has 32 heavy (non-hydrogen) atoms. The maximum Gasteiger partial charge on any atom is 0.253 e. The van der Waals surface area contributed by atoms with E-state index >= 15 is 0 Å². The van der Waals surface area contributed by atoms with Crippen molar-refractivity contribution in [3.63, 3.8) is 0 Å². The van der Waals surface area contributed by atoms with Gasteiger partial charge in [-0.2, -0.15) is 0 Å². The molecule has 9 heteroatoms. The van der Waals surface area contributed by atoms with E-state index in [-0.39, 0.29) is 18.2 Å². The maximum atomic E-state index is 12.2. The number of aromatic nitrogens is 2. The molecule has 0 fully saturated rings. The highest BCUT2D eigenvalue weighted by Gasteiger charge is 2.10. The van der Waals surface area contributed by atoms with Crippen LogP contribution in [0.15, 0.2) is 60.4 Å². The summed E-state index contributed by atoms with van der Waals surface area (Å²) >= 11 is 1.44. The minimum absolute atomic E-state index is 0.0101. The number of allylic oxidation sites excluding steroid dienone is 1. The molecule has 7 nitrogen and oxygen atoms in total. The molecule has 1 amide bonds. The van der Waals surface area contributed by atoms with Gasteiger partial charge in [-0.25, -0.2) is 9.19 Å². The second-order valence-electron chi connectivity index (χ2n) is 7.15. The standard InChI is InChI=1S/C23H24N4O3S2/c1-15-11-19(8-7-18(15)6-5-17(3)28)21-14-31-23(26-21)25-16(2)12-24-22(29)20-9-10-27(13-20)32(4)30/h5-11,13-14H,2,12H2,1,3-4H3,(H,24,29)(H,25,26)/b6-5-. The zero-order valence-corrected chi connectivity index (χ0v) is 19.7. The molecular formula is C23H24N4O3S2. The van der Waals surface area contributed by atoms with Gasteiger partial charge in [0, 0.05) is 35.3 Å². The lowest BCUT2D eigenvalue weighted by Gasteiger charge is -2.08. The number of hydrogen-bond donors (Lipinski definition) is 2. The Hall–Kier alpha value is -3.30. The van der Waals surface area contributed by atoms with Crippen LogP contribution in [-0.2, 0) is 15.8 Å². The fourth-order valence-electron chi connectivity index (χ4n) is 2.85. The first-order chi connectivity index (χ1) is 15.2. The molecule has 1 unspecified atom stereocenters. The summed E-state index contributed by atoms with van der Waals surface area (Å²) in [6.45, 7) is 7.69. The number of nitrogens with zero attached hydrogens (tertiary/aromatic N) is 2. The molecule has 0 aliphatic heterocycles. The summed E-state index contributed by atoms with van der Waals surface area (Å²) in [7, 11) is -1.20. The SMILES string of the molecule is C=C(CNC(=O)c1ccn(S(C)=O)c1)Nc1nc(-c2ccc(/C=C\C(C)=O)c(C)c2)cs1. The molecule has 1 aromatic carbocycles. The van der Waals surface area contributed by atoms with Gasteiger partial charge in [-0.15, -0.1) is 11.3 Å². The number of aryl methyl sites for hydroxylation is 1. The van der Waals surface area contributed by atoms with Crippen LogP contribution in [0.3, 0.4) is 0 Å². The molecule has 0 spiro atoms. The van der Waals surface area contributed by atoms with E-state index in [9.17, 15) is 13.8 Å². The molecule has 0 bridgehead atoms. The summed E-state index contributed by atoms with van der Waals surface area (Å²) in [6.07, 6.45) is 8.04. The summed E-state index contributed by atoms with van der Waals surface area (Å²) in [5.74, 6) is -0.262. The predicted molar refractivity (Wildman–Crippen MR) is 131 cm³/mol. The smallest absolute Gasteiger partial charge is 0.253 e. The van der Waals surface area contributed by atoms with Gasteiger partial charge < -0.3 is 10.6 Å². The van der Waals surface area contributed by atoms with E-state index in [2.05, 4.69) is 22.2 Å². The summed E-state index contributed by atoms with van der Waals surface area (Å²) in [5, 5.41) is 8.51. The lowest BCUT2D eigenvalue weighted by atomic mass is 10.0. The number of rotatable bonds is 9. The van der Waals surface area contributed by atoms with Crippen molar-refractivity contribution in [1.82, 2.24) is 14.3 Å². The van der Waals surface area contributed by atoms with Gasteiger partial charge in [0.2, 0.25) is 0 Å². The van der Waals surface area contributed by atoms with E-state index in [1.54, 1.807) is 18.3 Å². The van der Waals surface area contributed by atoms with Crippen LogP contribution in [0.2, 0.25) is 0 Å². The van der Waals surface area contributed by atoms with Gasteiger partial charge in [0.25, 0.3) is 5.91 Å². The monoisotopic (exact) mass is 468 g/mol. The van der Waals surface area contributed by atoms with Gasteiger partial charge >= 0.3 is 0 Å². The number of anilines is 1. The molecule has 3 aromatic rings. The van der Waals surface area contributed by atoms with E-state index in [1.807, 2.05) is 36.6 Å². The molecule has 0 saturated heterocycles. The third-order valence-electron chi connectivity index (χ3n) is 4.54. The second-order valence-corrected chi connectivity index (χ2v) is 9.28. The van der Waals surface area contributed by atoms with Gasteiger partial charge in [0.15, 0.2) is 10.9 Å². The molecule has 0 aliphatic rings. The molecule has 0 saturated carbocycles. The second kappa shape index (κ2) is 10.3. The molecule has 2 heterocycles. The first-order valence-corrected chi connectivity index (χ1v) is 12.1. The van der Waals surface area contributed by atoms with E-state index in [4.69, 9.17) is 0 Å². The Morgan fingerprint density at radius 2 is 2.09 bits per heavy atom. The zero-order chi connectivity index (χ0) is 23.3. The number of amides is 1. The summed E-state index contributed by atoms with van der Waals surface area (Å²) < 4.78 is 12.9. The molecule has 0 radical (unpaired) electrons. The van der Waals surface area contributed by atoms with E-state index in [0.717, 1.165) is 22.4 Å². The Bertz CT molecular complexity index is 1220. The van der Waals surface area contributed by atoms with Crippen LogP contribution in [0.25, 0.3) is 17.3 Å². The van der Waals surface area contributed by atoms with E-state index < -0.39 is 11.0 Å². The van der Waals surface area contributed by atoms with Crippen molar-refractivity contribution >= 4 is 45.2 Å².